The lowest BCUT2D eigenvalue weighted by Crippen LogP contribution is -2.35. The van der Waals surface area contributed by atoms with E-state index in [-0.39, 0.29) is 23.6 Å². The molecule has 1 rings (SSSR count). The summed E-state index contributed by atoms with van der Waals surface area (Å²) >= 11 is 1.15. The molecule has 0 fully saturated rings. The molecule has 0 aliphatic carbocycles. The highest BCUT2D eigenvalue weighted by Gasteiger charge is 2.25. The molecule has 0 radical (unpaired) electrons. The fourth-order valence-corrected chi connectivity index (χ4v) is 2.66. The third kappa shape index (κ3) is 4.28. The second kappa shape index (κ2) is 6.81. The Labute approximate surface area is 122 Å². The van der Waals surface area contributed by atoms with Crippen molar-refractivity contribution in [2.75, 3.05) is 25.6 Å². The molecule has 0 amide bonds. The number of ketones is 1. The summed E-state index contributed by atoms with van der Waals surface area (Å²) in [5.74, 6) is -0.783. The minimum atomic E-state index is -0.577. The largest absolute Gasteiger partial charge is 0.461 e. The third-order valence-electron chi connectivity index (χ3n) is 2.37. The van der Waals surface area contributed by atoms with Crippen LogP contribution in [0.15, 0.2) is 0 Å². The van der Waals surface area contributed by atoms with Gasteiger partial charge in [0.05, 0.1) is 18.8 Å². The molecule has 1 aromatic heterocycles. The van der Waals surface area contributed by atoms with Crippen LogP contribution in [0.1, 0.15) is 47.9 Å². The van der Waals surface area contributed by atoms with Crippen LogP contribution in [0.25, 0.3) is 0 Å². The number of hydrogen-bond acceptors (Lipinski definition) is 7. The van der Waals surface area contributed by atoms with E-state index in [4.69, 9.17) is 9.47 Å². The van der Waals surface area contributed by atoms with Crippen LogP contribution in [-0.2, 0) is 9.47 Å². The zero-order chi connectivity index (χ0) is 15.3. The van der Waals surface area contributed by atoms with E-state index < -0.39 is 5.97 Å². The minimum Gasteiger partial charge on any atom is -0.461 e. The van der Waals surface area contributed by atoms with Gasteiger partial charge >= 0.3 is 5.97 Å². The number of anilines is 1. The van der Waals surface area contributed by atoms with Crippen LogP contribution in [0, 0.1) is 0 Å². The first kappa shape index (κ1) is 16.6. The Morgan fingerprint density at radius 3 is 2.55 bits per heavy atom. The van der Waals surface area contributed by atoms with E-state index in [2.05, 4.69) is 10.3 Å². The predicted octanol–water partition coefficient (Wildman–Crippen LogP) is 2.36. The molecule has 0 saturated carbocycles. The van der Waals surface area contributed by atoms with Crippen LogP contribution in [0.5, 0.6) is 0 Å². The molecule has 0 unspecified atom stereocenters. The quantitative estimate of drug-likeness (QED) is 0.615. The molecule has 0 saturated heterocycles. The lowest BCUT2D eigenvalue weighted by molar-refractivity contribution is 0.0517. The number of esters is 1. The SMILES string of the molecule is CCOC(=O)c1nc(NC(C)(C)COC)sc1C(C)=O. The summed E-state index contributed by atoms with van der Waals surface area (Å²) in [6.07, 6.45) is 0. The number of thiazole rings is 1. The second-order valence-corrected chi connectivity index (χ2v) is 5.91. The number of ether oxygens (including phenoxy) is 2. The number of nitrogens with one attached hydrogen (secondary N) is 1. The molecule has 0 atom stereocenters. The molecule has 7 heteroatoms. The Morgan fingerprint density at radius 1 is 1.40 bits per heavy atom. The van der Waals surface area contributed by atoms with Crippen molar-refractivity contribution in [2.24, 2.45) is 0 Å². The van der Waals surface area contributed by atoms with E-state index in [0.717, 1.165) is 11.3 Å². The molecule has 0 bridgehead atoms. The number of methoxy groups -OCH3 is 1. The molecule has 1 N–H and O–H groups in total. The fraction of sp³-hybridized carbons (Fsp3) is 0.615. The van der Waals surface area contributed by atoms with Gasteiger partial charge in [0.2, 0.25) is 0 Å². The van der Waals surface area contributed by atoms with Crippen molar-refractivity contribution in [1.82, 2.24) is 4.98 Å². The maximum absolute atomic E-state index is 11.8. The highest BCUT2D eigenvalue weighted by atomic mass is 32.1. The monoisotopic (exact) mass is 300 g/mol. The smallest absolute Gasteiger partial charge is 0.358 e. The number of Topliss-reactive ketones (excluding diaryl/α,β-unsaturated/α-hetero) is 1. The Hall–Kier alpha value is -1.47. The molecule has 1 heterocycles. The molecule has 0 aliphatic rings. The molecule has 112 valence electrons. The van der Waals surface area contributed by atoms with Crippen LogP contribution in [0.4, 0.5) is 5.13 Å². The van der Waals surface area contributed by atoms with Gasteiger partial charge in [-0.2, -0.15) is 0 Å². The van der Waals surface area contributed by atoms with Gasteiger partial charge < -0.3 is 14.8 Å². The molecule has 1 aromatic rings. The molecule has 0 aromatic carbocycles. The topological polar surface area (TPSA) is 77.5 Å². The van der Waals surface area contributed by atoms with Gasteiger partial charge in [-0.3, -0.25) is 4.79 Å². The van der Waals surface area contributed by atoms with Crippen molar-refractivity contribution in [3.63, 3.8) is 0 Å². The average molecular weight is 300 g/mol. The van der Waals surface area contributed by atoms with Crippen LogP contribution in [0.3, 0.4) is 0 Å². The van der Waals surface area contributed by atoms with Crippen molar-refractivity contribution in [1.29, 1.82) is 0 Å². The highest BCUT2D eigenvalue weighted by Crippen LogP contribution is 2.26. The van der Waals surface area contributed by atoms with Crippen LogP contribution in [0.2, 0.25) is 0 Å². The summed E-state index contributed by atoms with van der Waals surface area (Å²) in [5, 5.41) is 3.65. The number of carbonyl (C=O) groups is 2. The Morgan fingerprint density at radius 2 is 2.05 bits per heavy atom. The lowest BCUT2D eigenvalue weighted by Gasteiger charge is -2.24. The number of aromatic nitrogens is 1. The van der Waals surface area contributed by atoms with Crippen LogP contribution >= 0.6 is 11.3 Å². The minimum absolute atomic E-state index is 0.0695. The van der Waals surface area contributed by atoms with Gasteiger partial charge in [0.15, 0.2) is 16.6 Å². The number of carbonyl (C=O) groups excluding carboxylic acids is 2. The van der Waals surface area contributed by atoms with Crippen molar-refractivity contribution >= 4 is 28.2 Å². The van der Waals surface area contributed by atoms with E-state index >= 15 is 0 Å². The number of rotatable bonds is 7. The van der Waals surface area contributed by atoms with Gasteiger partial charge in [0, 0.05) is 14.0 Å². The van der Waals surface area contributed by atoms with E-state index in [0.29, 0.717) is 16.6 Å². The first-order valence-electron chi connectivity index (χ1n) is 6.26. The van der Waals surface area contributed by atoms with Gasteiger partial charge in [0.25, 0.3) is 0 Å². The van der Waals surface area contributed by atoms with Gasteiger partial charge in [-0.25, -0.2) is 9.78 Å². The maximum Gasteiger partial charge on any atom is 0.358 e. The van der Waals surface area contributed by atoms with Crippen molar-refractivity contribution in [3.8, 4) is 0 Å². The molecule has 0 spiro atoms. The van der Waals surface area contributed by atoms with E-state index in [1.165, 1.54) is 6.92 Å². The standard InChI is InChI=1S/C13H20N2O4S/c1-6-19-11(17)9-10(8(2)16)20-12(14-9)15-13(3,4)7-18-5/h6-7H2,1-5H3,(H,14,15). The van der Waals surface area contributed by atoms with Gasteiger partial charge in [-0.1, -0.05) is 11.3 Å². The van der Waals surface area contributed by atoms with Crippen molar-refractivity contribution in [2.45, 2.75) is 33.2 Å². The van der Waals surface area contributed by atoms with Crippen molar-refractivity contribution in [3.05, 3.63) is 10.6 Å². The van der Waals surface area contributed by atoms with Gasteiger partial charge in [-0.15, -0.1) is 0 Å². The number of nitrogens with zero attached hydrogens (tertiary/aromatic N) is 1. The lowest BCUT2D eigenvalue weighted by atomic mass is 10.1. The first-order valence-corrected chi connectivity index (χ1v) is 7.08. The Kier molecular flexibility index (Phi) is 5.64. The summed E-state index contributed by atoms with van der Waals surface area (Å²) in [6.45, 7) is 7.70. The fourth-order valence-electron chi connectivity index (χ4n) is 1.64. The zero-order valence-corrected chi connectivity index (χ0v) is 13.2. The van der Waals surface area contributed by atoms with E-state index in [1.807, 2.05) is 13.8 Å². The molecule has 20 heavy (non-hydrogen) atoms. The zero-order valence-electron chi connectivity index (χ0n) is 12.4. The normalized spacial score (nSPS) is 11.2. The summed E-state index contributed by atoms with van der Waals surface area (Å²) < 4.78 is 10.0. The van der Waals surface area contributed by atoms with Gasteiger partial charge in [0.1, 0.15) is 4.88 Å². The third-order valence-corrected chi connectivity index (χ3v) is 3.44. The van der Waals surface area contributed by atoms with E-state index in [1.54, 1.807) is 14.0 Å². The van der Waals surface area contributed by atoms with Crippen LogP contribution < -0.4 is 5.32 Å². The first-order chi connectivity index (χ1) is 9.30. The summed E-state index contributed by atoms with van der Waals surface area (Å²) in [7, 11) is 1.61. The van der Waals surface area contributed by atoms with Gasteiger partial charge in [-0.05, 0) is 20.8 Å². The number of hydrogen-bond donors (Lipinski definition) is 1. The second-order valence-electron chi connectivity index (χ2n) is 4.92. The predicted molar refractivity (Wildman–Crippen MR) is 77.7 cm³/mol. The maximum atomic E-state index is 11.8. The molecule has 0 aliphatic heterocycles. The highest BCUT2D eigenvalue weighted by molar-refractivity contribution is 7.17. The molecular weight excluding hydrogens is 280 g/mol. The molecule has 6 nitrogen and oxygen atoms in total. The van der Waals surface area contributed by atoms with Crippen molar-refractivity contribution < 1.29 is 19.1 Å². The Balaban J connectivity index is 3.03. The molecular formula is C13H20N2O4S. The summed E-state index contributed by atoms with van der Waals surface area (Å²) in [6, 6.07) is 0. The summed E-state index contributed by atoms with van der Waals surface area (Å²) in [4.78, 5) is 27.9. The van der Waals surface area contributed by atoms with Crippen LogP contribution in [-0.4, -0.2) is 42.6 Å². The summed E-state index contributed by atoms with van der Waals surface area (Å²) in [5.41, 5.74) is -0.285. The Bertz CT molecular complexity index is 497. The van der Waals surface area contributed by atoms with E-state index in [9.17, 15) is 9.59 Å². The average Bonchev–Trinajstić information content (AvgIpc) is 2.72.